The van der Waals surface area contributed by atoms with Gasteiger partial charge in [-0.2, -0.15) is 0 Å². The summed E-state index contributed by atoms with van der Waals surface area (Å²) in [6, 6.07) is 15.5. The number of carbonyl (C=O) groups excluding carboxylic acids is 1. The van der Waals surface area contributed by atoms with E-state index in [1.165, 1.54) is 23.5 Å². The summed E-state index contributed by atoms with van der Waals surface area (Å²) < 4.78 is 27.7. The average Bonchev–Trinajstić information content (AvgIpc) is 3.21. The summed E-state index contributed by atoms with van der Waals surface area (Å²) in [5, 5.41) is 4.75. The maximum atomic E-state index is 12.7. The highest BCUT2D eigenvalue weighted by Gasteiger charge is 2.17. The Balaban J connectivity index is 1.75. The molecule has 1 aromatic heterocycles. The largest absolute Gasteiger partial charge is 0.378 e. The monoisotopic (exact) mass is 429 g/mol. The van der Waals surface area contributed by atoms with Gasteiger partial charge < -0.3 is 10.2 Å². The summed E-state index contributed by atoms with van der Waals surface area (Å²) in [6.45, 7) is 2.13. The van der Waals surface area contributed by atoms with Crippen molar-refractivity contribution in [1.29, 1.82) is 0 Å². The number of sulfonamides is 1. The van der Waals surface area contributed by atoms with Crippen molar-refractivity contribution >= 4 is 38.6 Å². The molecule has 2 aromatic carbocycles. The number of carbonyl (C=O) groups is 1. The quantitative estimate of drug-likeness (QED) is 0.598. The molecule has 3 aromatic rings. The second-order valence-electron chi connectivity index (χ2n) is 6.78. The van der Waals surface area contributed by atoms with Gasteiger partial charge in [0.2, 0.25) is 10.0 Å². The van der Waals surface area contributed by atoms with Crippen LogP contribution in [0.3, 0.4) is 0 Å². The van der Waals surface area contributed by atoms with E-state index in [9.17, 15) is 13.2 Å². The predicted octanol–water partition coefficient (Wildman–Crippen LogP) is 3.85. The molecule has 0 atom stereocenters. The molecule has 0 saturated carbocycles. The number of rotatable bonds is 7. The molecule has 2 N–H and O–H groups in total. The second-order valence-corrected chi connectivity index (χ2v) is 9.58. The number of nitrogens with one attached hydrogen (secondary N) is 2. The first-order valence-electron chi connectivity index (χ1n) is 8.98. The molecule has 6 nitrogen and oxygen atoms in total. The standard InChI is InChI=1S/C21H23N3O3S2/c1-15-12-17(24(2)3)9-10-20(15)23-21(25)16-6-4-8-19(13-16)29(26,27)22-14-18-7-5-11-28-18/h4-13,22H,14H2,1-3H3,(H,23,25). The van der Waals surface area contributed by atoms with Gasteiger partial charge in [-0.1, -0.05) is 12.1 Å². The predicted molar refractivity (Wildman–Crippen MR) is 118 cm³/mol. The van der Waals surface area contributed by atoms with Gasteiger partial charge in [0, 0.05) is 42.5 Å². The molecule has 0 saturated heterocycles. The molecule has 1 amide bonds. The van der Waals surface area contributed by atoms with Crippen LogP contribution in [-0.2, 0) is 16.6 Å². The molecule has 0 aliphatic carbocycles. The van der Waals surface area contributed by atoms with Crippen LogP contribution < -0.4 is 14.9 Å². The highest BCUT2D eigenvalue weighted by Crippen LogP contribution is 2.22. The van der Waals surface area contributed by atoms with E-state index in [-0.39, 0.29) is 22.9 Å². The van der Waals surface area contributed by atoms with Crippen LogP contribution in [0, 0.1) is 6.92 Å². The Morgan fingerprint density at radius 1 is 1.07 bits per heavy atom. The summed E-state index contributed by atoms with van der Waals surface area (Å²) in [5.74, 6) is -0.360. The normalized spacial score (nSPS) is 11.3. The maximum absolute atomic E-state index is 12.7. The lowest BCUT2D eigenvalue weighted by atomic mass is 10.1. The number of thiophene rings is 1. The van der Waals surface area contributed by atoms with E-state index in [2.05, 4.69) is 10.0 Å². The number of aryl methyl sites for hydroxylation is 1. The molecular weight excluding hydrogens is 406 g/mol. The van der Waals surface area contributed by atoms with E-state index < -0.39 is 10.0 Å². The number of amides is 1. The van der Waals surface area contributed by atoms with Crippen LogP contribution in [0.15, 0.2) is 64.9 Å². The summed E-state index contributed by atoms with van der Waals surface area (Å²) in [6.07, 6.45) is 0. The number of benzene rings is 2. The van der Waals surface area contributed by atoms with E-state index in [1.54, 1.807) is 12.1 Å². The van der Waals surface area contributed by atoms with Gasteiger partial charge in [-0.05, 0) is 60.3 Å². The third-order valence-electron chi connectivity index (χ3n) is 4.40. The maximum Gasteiger partial charge on any atom is 0.255 e. The van der Waals surface area contributed by atoms with E-state index in [0.717, 1.165) is 16.1 Å². The lowest BCUT2D eigenvalue weighted by Crippen LogP contribution is -2.23. The topological polar surface area (TPSA) is 78.5 Å². The zero-order valence-corrected chi connectivity index (χ0v) is 18.1. The summed E-state index contributed by atoms with van der Waals surface area (Å²) in [4.78, 5) is 15.6. The Morgan fingerprint density at radius 3 is 2.52 bits per heavy atom. The minimum Gasteiger partial charge on any atom is -0.378 e. The molecule has 0 spiro atoms. The zero-order chi connectivity index (χ0) is 21.0. The molecule has 1 heterocycles. The van der Waals surface area contributed by atoms with Crippen LogP contribution in [0.2, 0.25) is 0 Å². The molecule has 152 valence electrons. The van der Waals surface area contributed by atoms with Gasteiger partial charge >= 0.3 is 0 Å². The molecule has 8 heteroatoms. The molecule has 29 heavy (non-hydrogen) atoms. The molecule has 0 radical (unpaired) electrons. The highest BCUT2D eigenvalue weighted by molar-refractivity contribution is 7.89. The van der Waals surface area contributed by atoms with Gasteiger partial charge in [0.1, 0.15) is 0 Å². The van der Waals surface area contributed by atoms with Crippen LogP contribution in [0.5, 0.6) is 0 Å². The van der Waals surface area contributed by atoms with E-state index >= 15 is 0 Å². The fourth-order valence-electron chi connectivity index (χ4n) is 2.73. The van der Waals surface area contributed by atoms with Gasteiger partial charge in [0.25, 0.3) is 5.91 Å². The van der Waals surface area contributed by atoms with Gasteiger partial charge in [0.05, 0.1) is 4.90 Å². The SMILES string of the molecule is Cc1cc(N(C)C)ccc1NC(=O)c1cccc(S(=O)(=O)NCc2cccs2)c1. The van der Waals surface area contributed by atoms with Crippen molar-refractivity contribution in [2.24, 2.45) is 0 Å². The van der Waals surface area contributed by atoms with Crippen LogP contribution in [0.1, 0.15) is 20.8 Å². The Bertz CT molecular complexity index is 1110. The van der Waals surface area contributed by atoms with Crippen LogP contribution in [-0.4, -0.2) is 28.4 Å². The van der Waals surface area contributed by atoms with Crippen molar-refractivity contribution in [3.8, 4) is 0 Å². The van der Waals surface area contributed by atoms with Crippen molar-refractivity contribution in [3.63, 3.8) is 0 Å². The number of anilines is 2. The second kappa shape index (κ2) is 8.77. The smallest absolute Gasteiger partial charge is 0.255 e. The van der Waals surface area contributed by atoms with Gasteiger partial charge in [-0.15, -0.1) is 11.3 Å². The molecule has 0 aliphatic rings. The molecule has 0 bridgehead atoms. The van der Waals surface area contributed by atoms with Crippen LogP contribution in [0.25, 0.3) is 0 Å². The number of hydrogen-bond donors (Lipinski definition) is 2. The van der Waals surface area contributed by atoms with Crippen molar-refractivity contribution in [2.45, 2.75) is 18.4 Å². The van der Waals surface area contributed by atoms with Crippen molar-refractivity contribution in [1.82, 2.24) is 4.72 Å². The van der Waals surface area contributed by atoms with Gasteiger partial charge in [0.15, 0.2) is 0 Å². The zero-order valence-electron chi connectivity index (χ0n) is 16.5. The van der Waals surface area contributed by atoms with Gasteiger partial charge in [-0.3, -0.25) is 4.79 Å². The first-order chi connectivity index (χ1) is 13.8. The van der Waals surface area contributed by atoms with Crippen molar-refractivity contribution in [2.75, 3.05) is 24.3 Å². The third kappa shape index (κ3) is 5.23. The fraction of sp³-hybridized carbons (Fsp3) is 0.190. The Morgan fingerprint density at radius 2 is 1.86 bits per heavy atom. The number of hydrogen-bond acceptors (Lipinski definition) is 5. The first-order valence-corrected chi connectivity index (χ1v) is 11.3. The Labute approximate surface area is 175 Å². The third-order valence-corrected chi connectivity index (χ3v) is 6.67. The fourth-order valence-corrected chi connectivity index (χ4v) is 4.52. The Kier molecular flexibility index (Phi) is 6.36. The van der Waals surface area contributed by atoms with E-state index in [0.29, 0.717) is 5.69 Å². The van der Waals surface area contributed by atoms with E-state index in [4.69, 9.17) is 0 Å². The van der Waals surface area contributed by atoms with Crippen LogP contribution >= 0.6 is 11.3 Å². The molecule has 3 rings (SSSR count). The van der Waals surface area contributed by atoms with Crippen molar-refractivity contribution in [3.05, 3.63) is 76.0 Å². The lowest BCUT2D eigenvalue weighted by molar-refractivity contribution is 0.102. The minimum atomic E-state index is -3.72. The molecular formula is C21H23N3O3S2. The lowest BCUT2D eigenvalue weighted by Gasteiger charge is -2.15. The summed E-state index contributed by atoms with van der Waals surface area (Å²) in [5.41, 5.74) is 2.92. The van der Waals surface area contributed by atoms with Gasteiger partial charge in [-0.25, -0.2) is 13.1 Å². The van der Waals surface area contributed by atoms with E-state index in [1.807, 2.05) is 61.6 Å². The van der Waals surface area contributed by atoms with Crippen molar-refractivity contribution < 1.29 is 13.2 Å². The Hall–Kier alpha value is -2.68. The van der Waals surface area contributed by atoms with Crippen LogP contribution in [0.4, 0.5) is 11.4 Å². The summed E-state index contributed by atoms with van der Waals surface area (Å²) in [7, 11) is 0.182. The average molecular weight is 430 g/mol. The molecule has 0 unspecified atom stereocenters. The highest BCUT2D eigenvalue weighted by atomic mass is 32.2. The molecule has 0 fully saturated rings. The minimum absolute atomic E-state index is 0.0568. The molecule has 0 aliphatic heterocycles. The summed E-state index contributed by atoms with van der Waals surface area (Å²) >= 11 is 1.48. The number of nitrogens with zero attached hydrogens (tertiary/aromatic N) is 1. The first kappa shape index (κ1) is 21.0.